The van der Waals surface area contributed by atoms with E-state index >= 15 is 0 Å². The number of nitrogens with zero attached hydrogens (tertiary/aromatic N) is 1. The van der Waals surface area contributed by atoms with Crippen LogP contribution in [0.2, 0.25) is 10.0 Å². The zero-order chi connectivity index (χ0) is 14.5. The van der Waals surface area contributed by atoms with Crippen molar-refractivity contribution in [1.29, 1.82) is 0 Å². The van der Waals surface area contributed by atoms with Crippen LogP contribution in [0.3, 0.4) is 0 Å². The standard InChI is InChI=1S/C14H12Cl2N2O2/c1-9-6-13(12(16)7-11(9)15)20-8-14(19)18-10-2-4-17-5-3-10/h2-7H,8H2,1H3,(H,17,18,19). The number of halogens is 2. The van der Waals surface area contributed by atoms with Gasteiger partial charge in [-0.15, -0.1) is 0 Å². The van der Waals surface area contributed by atoms with Crippen LogP contribution in [-0.4, -0.2) is 17.5 Å². The number of nitrogens with one attached hydrogen (secondary N) is 1. The van der Waals surface area contributed by atoms with E-state index in [1.54, 1.807) is 36.7 Å². The molecule has 1 aromatic carbocycles. The van der Waals surface area contributed by atoms with E-state index in [1.165, 1.54) is 0 Å². The van der Waals surface area contributed by atoms with Crippen LogP contribution in [0, 0.1) is 6.92 Å². The molecule has 0 saturated heterocycles. The maximum atomic E-state index is 11.7. The fraction of sp³-hybridized carbons (Fsp3) is 0.143. The second kappa shape index (κ2) is 6.59. The highest BCUT2D eigenvalue weighted by Crippen LogP contribution is 2.30. The Hall–Kier alpha value is -1.78. The Kier molecular flexibility index (Phi) is 4.82. The second-order valence-electron chi connectivity index (χ2n) is 4.10. The van der Waals surface area contributed by atoms with Crippen molar-refractivity contribution in [2.45, 2.75) is 6.92 Å². The predicted molar refractivity (Wildman–Crippen MR) is 79.6 cm³/mol. The molecule has 0 spiro atoms. The van der Waals surface area contributed by atoms with Gasteiger partial charge >= 0.3 is 0 Å². The highest BCUT2D eigenvalue weighted by Gasteiger charge is 2.08. The van der Waals surface area contributed by atoms with Gasteiger partial charge in [0.15, 0.2) is 6.61 Å². The lowest BCUT2D eigenvalue weighted by molar-refractivity contribution is -0.118. The van der Waals surface area contributed by atoms with Gasteiger partial charge in [0, 0.05) is 23.1 Å². The Morgan fingerprint density at radius 3 is 2.65 bits per heavy atom. The van der Waals surface area contributed by atoms with E-state index < -0.39 is 0 Å². The molecule has 0 bridgehead atoms. The third-order valence-electron chi connectivity index (χ3n) is 2.54. The third kappa shape index (κ3) is 3.85. The van der Waals surface area contributed by atoms with Crippen LogP contribution in [0.25, 0.3) is 0 Å². The van der Waals surface area contributed by atoms with E-state index in [9.17, 15) is 4.79 Å². The fourth-order valence-electron chi connectivity index (χ4n) is 1.52. The summed E-state index contributed by atoms with van der Waals surface area (Å²) in [5.74, 6) is 0.151. The zero-order valence-electron chi connectivity index (χ0n) is 10.7. The molecule has 0 aliphatic heterocycles. The Balaban J connectivity index is 1.95. The van der Waals surface area contributed by atoms with Gasteiger partial charge in [-0.2, -0.15) is 0 Å². The summed E-state index contributed by atoms with van der Waals surface area (Å²) in [5.41, 5.74) is 1.49. The van der Waals surface area contributed by atoms with Crippen LogP contribution >= 0.6 is 23.2 Å². The molecule has 1 amide bonds. The molecule has 0 saturated carbocycles. The Morgan fingerprint density at radius 2 is 1.95 bits per heavy atom. The van der Waals surface area contributed by atoms with Crippen LogP contribution in [0.15, 0.2) is 36.7 Å². The highest BCUT2D eigenvalue weighted by atomic mass is 35.5. The maximum Gasteiger partial charge on any atom is 0.262 e. The predicted octanol–water partition coefficient (Wildman–Crippen LogP) is 3.71. The van der Waals surface area contributed by atoms with E-state index in [1.807, 2.05) is 6.92 Å². The van der Waals surface area contributed by atoms with Crippen molar-refractivity contribution < 1.29 is 9.53 Å². The molecule has 0 radical (unpaired) electrons. The summed E-state index contributed by atoms with van der Waals surface area (Å²) in [6.07, 6.45) is 3.19. The average molecular weight is 311 g/mol. The summed E-state index contributed by atoms with van der Waals surface area (Å²) >= 11 is 11.9. The minimum Gasteiger partial charge on any atom is -0.482 e. The highest BCUT2D eigenvalue weighted by molar-refractivity contribution is 6.36. The summed E-state index contributed by atoms with van der Waals surface area (Å²) < 4.78 is 5.39. The molecule has 1 N–H and O–H groups in total. The summed E-state index contributed by atoms with van der Waals surface area (Å²) in [6.45, 7) is 1.70. The lowest BCUT2D eigenvalue weighted by atomic mass is 10.2. The number of rotatable bonds is 4. The molecule has 2 aromatic rings. The summed E-state index contributed by atoms with van der Waals surface area (Å²) in [6, 6.07) is 6.67. The van der Waals surface area contributed by atoms with Crippen LogP contribution in [0.4, 0.5) is 5.69 Å². The minimum atomic E-state index is -0.278. The first-order valence-corrected chi connectivity index (χ1v) is 6.60. The van der Waals surface area contributed by atoms with Crippen LogP contribution < -0.4 is 10.1 Å². The van der Waals surface area contributed by atoms with E-state index in [0.29, 0.717) is 21.5 Å². The van der Waals surface area contributed by atoms with Gasteiger partial charge in [0.05, 0.1) is 5.02 Å². The van der Waals surface area contributed by atoms with Gasteiger partial charge in [0.1, 0.15) is 5.75 Å². The van der Waals surface area contributed by atoms with Gasteiger partial charge in [-0.1, -0.05) is 23.2 Å². The van der Waals surface area contributed by atoms with Crippen molar-refractivity contribution in [2.75, 3.05) is 11.9 Å². The zero-order valence-corrected chi connectivity index (χ0v) is 12.2. The largest absolute Gasteiger partial charge is 0.482 e. The van der Waals surface area contributed by atoms with E-state index in [-0.39, 0.29) is 12.5 Å². The third-order valence-corrected chi connectivity index (χ3v) is 3.24. The maximum absolute atomic E-state index is 11.7. The molecule has 0 fully saturated rings. The lowest BCUT2D eigenvalue weighted by Gasteiger charge is -2.10. The first-order valence-electron chi connectivity index (χ1n) is 5.84. The van der Waals surface area contributed by atoms with Gasteiger partial charge in [-0.05, 0) is 36.8 Å². The molecule has 0 unspecified atom stereocenters. The SMILES string of the molecule is Cc1cc(OCC(=O)Nc2ccncc2)c(Cl)cc1Cl. The van der Waals surface area contributed by atoms with E-state index in [2.05, 4.69) is 10.3 Å². The van der Waals surface area contributed by atoms with Crippen molar-refractivity contribution in [3.63, 3.8) is 0 Å². The summed E-state index contributed by atoms with van der Waals surface area (Å²) in [4.78, 5) is 15.6. The number of benzene rings is 1. The molecular weight excluding hydrogens is 299 g/mol. The summed E-state index contributed by atoms with van der Waals surface area (Å²) in [7, 11) is 0. The van der Waals surface area contributed by atoms with Crippen LogP contribution in [0.5, 0.6) is 5.75 Å². The number of hydrogen-bond acceptors (Lipinski definition) is 3. The van der Waals surface area contributed by atoms with Gasteiger partial charge < -0.3 is 10.1 Å². The Bertz CT molecular complexity index is 618. The van der Waals surface area contributed by atoms with Crippen molar-refractivity contribution in [1.82, 2.24) is 4.98 Å². The molecule has 4 nitrogen and oxygen atoms in total. The average Bonchev–Trinajstić information content (AvgIpc) is 2.42. The van der Waals surface area contributed by atoms with E-state index in [4.69, 9.17) is 27.9 Å². The lowest BCUT2D eigenvalue weighted by Crippen LogP contribution is -2.20. The van der Waals surface area contributed by atoms with Gasteiger partial charge in [-0.25, -0.2) is 0 Å². The Labute approximate surface area is 126 Å². The number of anilines is 1. The first kappa shape index (κ1) is 14.6. The molecule has 104 valence electrons. The number of ether oxygens (including phenoxy) is 1. The molecule has 0 aliphatic rings. The Morgan fingerprint density at radius 1 is 1.25 bits per heavy atom. The second-order valence-corrected chi connectivity index (χ2v) is 4.92. The van der Waals surface area contributed by atoms with Crippen molar-refractivity contribution in [3.8, 4) is 5.75 Å². The molecule has 6 heteroatoms. The first-order chi connectivity index (χ1) is 9.56. The number of carbonyl (C=O) groups excluding carboxylic acids is 1. The van der Waals surface area contributed by atoms with Crippen molar-refractivity contribution in [3.05, 3.63) is 52.3 Å². The van der Waals surface area contributed by atoms with Gasteiger partial charge in [0.2, 0.25) is 0 Å². The van der Waals surface area contributed by atoms with E-state index in [0.717, 1.165) is 5.56 Å². The van der Waals surface area contributed by atoms with Crippen molar-refractivity contribution in [2.24, 2.45) is 0 Å². The number of pyridine rings is 1. The number of amides is 1. The molecule has 0 aliphatic carbocycles. The molecule has 0 atom stereocenters. The minimum absolute atomic E-state index is 0.136. The molecule has 1 heterocycles. The molecule has 2 rings (SSSR count). The number of aryl methyl sites for hydroxylation is 1. The quantitative estimate of drug-likeness (QED) is 0.936. The fourth-order valence-corrected chi connectivity index (χ4v) is 1.95. The number of hydrogen-bond donors (Lipinski definition) is 1. The van der Waals surface area contributed by atoms with Crippen LogP contribution in [0.1, 0.15) is 5.56 Å². The molecule has 1 aromatic heterocycles. The topological polar surface area (TPSA) is 51.2 Å². The van der Waals surface area contributed by atoms with Gasteiger partial charge in [-0.3, -0.25) is 9.78 Å². The van der Waals surface area contributed by atoms with Gasteiger partial charge in [0.25, 0.3) is 5.91 Å². The molecule has 20 heavy (non-hydrogen) atoms. The summed E-state index contributed by atoms with van der Waals surface area (Å²) in [5, 5.41) is 3.62. The smallest absolute Gasteiger partial charge is 0.262 e. The normalized spacial score (nSPS) is 10.2. The monoisotopic (exact) mass is 310 g/mol. The number of carbonyl (C=O) groups is 1. The van der Waals surface area contributed by atoms with Crippen molar-refractivity contribution >= 4 is 34.8 Å². The number of aromatic nitrogens is 1. The molecular formula is C14H12Cl2N2O2. The van der Waals surface area contributed by atoms with Crippen LogP contribution in [-0.2, 0) is 4.79 Å².